The number of nitrogens with zero attached hydrogens (tertiary/aromatic N) is 6. The van der Waals surface area contributed by atoms with E-state index < -0.39 is 0 Å². The minimum atomic E-state index is 0.653. The Morgan fingerprint density at radius 1 is 0.895 bits per heavy atom. The lowest BCUT2D eigenvalue weighted by Gasteiger charge is -2.32. The van der Waals surface area contributed by atoms with Crippen LogP contribution in [0.15, 0.2) is 73.4 Å². The standard InChI is InChI=1S/C29H31N7O2/c1-21-17-22(3-6-27(21)38-24-7-9-36-10-8-30-28(36)19-24)33-29-25-18-23(4-5-26(25)31-20-32-29)37-16-15-35-13-11-34(2)12-14-35/h3-10,17-20H,11-16H2,1-2H3,(H,31,32,33). The fourth-order valence-corrected chi connectivity index (χ4v) is 4.65. The van der Waals surface area contributed by atoms with Crippen LogP contribution in [0, 0.1) is 6.92 Å². The highest BCUT2D eigenvalue weighted by molar-refractivity contribution is 5.91. The zero-order chi connectivity index (χ0) is 25.9. The van der Waals surface area contributed by atoms with Gasteiger partial charge < -0.3 is 24.1 Å². The van der Waals surface area contributed by atoms with Gasteiger partial charge in [-0.05, 0) is 62.0 Å². The Bertz CT molecular complexity index is 1560. The summed E-state index contributed by atoms with van der Waals surface area (Å²) in [5, 5.41) is 4.36. The van der Waals surface area contributed by atoms with Gasteiger partial charge >= 0.3 is 0 Å². The zero-order valence-electron chi connectivity index (χ0n) is 21.7. The van der Waals surface area contributed by atoms with Crippen molar-refractivity contribution in [2.45, 2.75) is 6.92 Å². The van der Waals surface area contributed by atoms with Crippen molar-refractivity contribution in [1.82, 2.24) is 29.2 Å². The molecule has 5 aromatic rings. The summed E-state index contributed by atoms with van der Waals surface area (Å²) in [5.74, 6) is 3.08. The number of aromatic nitrogens is 4. The van der Waals surface area contributed by atoms with Gasteiger partial charge in [-0.2, -0.15) is 0 Å². The summed E-state index contributed by atoms with van der Waals surface area (Å²) < 4.78 is 14.2. The van der Waals surface area contributed by atoms with E-state index in [0.29, 0.717) is 6.61 Å². The van der Waals surface area contributed by atoms with Crippen LogP contribution in [-0.4, -0.2) is 75.5 Å². The number of hydrogen-bond acceptors (Lipinski definition) is 8. The largest absolute Gasteiger partial charge is 0.492 e. The summed E-state index contributed by atoms with van der Waals surface area (Å²) in [6, 6.07) is 15.8. The minimum Gasteiger partial charge on any atom is -0.492 e. The van der Waals surface area contributed by atoms with Crippen molar-refractivity contribution in [3.05, 3.63) is 79.0 Å². The predicted octanol–water partition coefficient (Wildman–Crippen LogP) is 4.75. The monoisotopic (exact) mass is 509 g/mol. The molecule has 1 aliphatic heterocycles. The van der Waals surface area contributed by atoms with Crippen molar-refractivity contribution in [3.63, 3.8) is 0 Å². The Labute approximate surface area is 221 Å². The molecule has 9 heteroatoms. The van der Waals surface area contributed by atoms with Crippen LogP contribution in [-0.2, 0) is 0 Å². The van der Waals surface area contributed by atoms with E-state index in [1.165, 1.54) is 0 Å². The number of benzene rings is 2. The lowest BCUT2D eigenvalue weighted by Crippen LogP contribution is -2.45. The number of anilines is 2. The normalized spacial score (nSPS) is 14.7. The average Bonchev–Trinajstić information content (AvgIpc) is 3.40. The molecule has 0 spiro atoms. The molecule has 0 radical (unpaired) electrons. The van der Waals surface area contributed by atoms with E-state index in [1.54, 1.807) is 12.5 Å². The highest BCUT2D eigenvalue weighted by atomic mass is 16.5. The fraction of sp³-hybridized carbons (Fsp3) is 0.276. The third-order valence-electron chi connectivity index (χ3n) is 6.91. The summed E-state index contributed by atoms with van der Waals surface area (Å²) >= 11 is 0. The van der Waals surface area contributed by atoms with E-state index in [4.69, 9.17) is 9.47 Å². The summed E-state index contributed by atoms with van der Waals surface area (Å²) in [6.07, 6.45) is 7.19. The molecule has 0 unspecified atom stereocenters. The van der Waals surface area contributed by atoms with Crippen LogP contribution >= 0.6 is 0 Å². The smallest absolute Gasteiger partial charge is 0.141 e. The number of ether oxygens (including phenoxy) is 2. The van der Waals surface area contributed by atoms with E-state index >= 15 is 0 Å². The lowest BCUT2D eigenvalue weighted by atomic mass is 10.2. The first kappa shape index (κ1) is 24.1. The second kappa shape index (κ2) is 10.6. The molecule has 0 bridgehead atoms. The predicted molar refractivity (Wildman–Crippen MR) is 149 cm³/mol. The van der Waals surface area contributed by atoms with E-state index in [9.17, 15) is 0 Å². The molecule has 2 aromatic carbocycles. The fourth-order valence-electron chi connectivity index (χ4n) is 4.65. The highest BCUT2D eigenvalue weighted by Crippen LogP contribution is 2.31. The summed E-state index contributed by atoms with van der Waals surface area (Å²) in [4.78, 5) is 18.1. The van der Waals surface area contributed by atoms with Gasteiger partial charge in [0.1, 0.15) is 41.6 Å². The molecule has 0 atom stereocenters. The average molecular weight is 510 g/mol. The van der Waals surface area contributed by atoms with E-state index in [0.717, 1.165) is 83.6 Å². The van der Waals surface area contributed by atoms with E-state index in [2.05, 4.69) is 37.1 Å². The van der Waals surface area contributed by atoms with Crippen molar-refractivity contribution in [1.29, 1.82) is 0 Å². The maximum atomic E-state index is 6.14. The lowest BCUT2D eigenvalue weighted by molar-refractivity contribution is 0.134. The first-order valence-electron chi connectivity index (χ1n) is 12.9. The number of aryl methyl sites for hydroxylation is 1. The van der Waals surface area contributed by atoms with Crippen LogP contribution in [0.5, 0.6) is 17.2 Å². The Morgan fingerprint density at radius 3 is 2.66 bits per heavy atom. The van der Waals surface area contributed by atoms with Gasteiger partial charge in [-0.15, -0.1) is 0 Å². The third-order valence-corrected chi connectivity index (χ3v) is 6.91. The number of imidazole rings is 1. The van der Waals surface area contributed by atoms with Gasteiger partial charge in [-0.25, -0.2) is 15.0 Å². The number of rotatable bonds is 8. The first-order valence-corrected chi connectivity index (χ1v) is 12.9. The van der Waals surface area contributed by atoms with Crippen molar-refractivity contribution in [2.75, 3.05) is 51.7 Å². The Hall–Kier alpha value is -4.21. The van der Waals surface area contributed by atoms with Crippen molar-refractivity contribution in [3.8, 4) is 17.2 Å². The zero-order valence-corrected chi connectivity index (χ0v) is 21.7. The number of piperazine rings is 1. The molecule has 4 heterocycles. The molecule has 194 valence electrons. The van der Waals surface area contributed by atoms with Gasteiger partial charge in [-0.1, -0.05) is 0 Å². The maximum absolute atomic E-state index is 6.14. The number of hydrogen-bond donors (Lipinski definition) is 1. The van der Waals surface area contributed by atoms with Gasteiger partial charge in [0.15, 0.2) is 0 Å². The quantitative estimate of drug-likeness (QED) is 0.321. The Balaban J connectivity index is 1.14. The third kappa shape index (κ3) is 5.39. The molecule has 0 saturated carbocycles. The molecule has 1 N–H and O–H groups in total. The molecular weight excluding hydrogens is 478 g/mol. The van der Waals surface area contributed by atoms with Crippen molar-refractivity contribution in [2.24, 2.45) is 0 Å². The van der Waals surface area contributed by atoms with Gasteiger partial charge in [0.25, 0.3) is 0 Å². The van der Waals surface area contributed by atoms with Gasteiger partial charge in [-0.3, -0.25) is 4.90 Å². The minimum absolute atomic E-state index is 0.653. The summed E-state index contributed by atoms with van der Waals surface area (Å²) in [6.45, 7) is 7.99. The van der Waals surface area contributed by atoms with Crippen molar-refractivity contribution >= 4 is 28.1 Å². The highest BCUT2D eigenvalue weighted by Gasteiger charge is 2.14. The van der Waals surface area contributed by atoms with Crippen LogP contribution < -0.4 is 14.8 Å². The molecule has 3 aromatic heterocycles. The number of nitrogens with one attached hydrogen (secondary N) is 1. The molecule has 38 heavy (non-hydrogen) atoms. The SMILES string of the molecule is Cc1cc(Nc2ncnc3ccc(OCCN4CCN(C)CC4)cc23)ccc1Oc1ccn2ccnc2c1. The van der Waals surface area contributed by atoms with Crippen LogP contribution in [0.4, 0.5) is 11.5 Å². The molecule has 0 amide bonds. The molecule has 1 saturated heterocycles. The first-order chi connectivity index (χ1) is 18.6. The van der Waals surface area contributed by atoms with Gasteiger partial charge in [0.05, 0.1) is 5.52 Å². The van der Waals surface area contributed by atoms with Crippen molar-refractivity contribution < 1.29 is 9.47 Å². The van der Waals surface area contributed by atoms with Crippen LogP contribution in [0.3, 0.4) is 0 Å². The van der Waals surface area contributed by atoms with E-state index in [1.807, 2.05) is 72.2 Å². The number of fused-ring (bicyclic) bond motifs is 2. The molecular formula is C29H31N7O2. The number of pyridine rings is 1. The second-order valence-corrected chi connectivity index (χ2v) is 9.66. The van der Waals surface area contributed by atoms with Crippen LogP contribution in [0.2, 0.25) is 0 Å². The Morgan fingerprint density at radius 2 is 1.79 bits per heavy atom. The number of likely N-dealkylation sites (N-methyl/N-ethyl adjacent to an activating group) is 1. The topological polar surface area (TPSA) is 80.1 Å². The molecule has 6 rings (SSSR count). The molecule has 1 aliphatic rings. The molecule has 9 nitrogen and oxygen atoms in total. The van der Waals surface area contributed by atoms with Gasteiger partial charge in [0.2, 0.25) is 0 Å². The van der Waals surface area contributed by atoms with Crippen LogP contribution in [0.25, 0.3) is 16.6 Å². The molecule has 0 aliphatic carbocycles. The summed E-state index contributed by atoms with van der Waals surface area (Å²) in [7, 11) is 2.17. The van der Waals surface area contributed by atoms with Crippen LogP contribution in [0.1, 0.15) is 5.56 Å². The molecule has 1 fully saturated rings. The van der Waals surface area contributed by atoms with E-state index in [-0.39, 0.29) is 0 Å². The maximum Gasteiger partial charge on any atom is 0.141 e. The van der Waals surface area contributed by atoms with Gasteiger partial charge in [0, 0.05) is 68.5 Å². The Kier molecular flexibility index (Phi) is 6.76. The second-order valence-electron chi connectivity index (χ2n) is 9.66. The summed E-state index contributed by atoms with van der Waals surface area (Å²) in [5.41, 5.74) is 3.63.